The second-order valence-electron chi connectivity index (χ2n) is 4.90. The Bertz CT molecular complexity index is 527. The molecule has 2 fully saturated rings. The zero-order valence-electron chi connectivity index (χ0n) is 10.8. The van der Waals surface area contributed by atoms with Crippen molar-refractivity contribution in [1.82, 2.24) is 14.8 Å². The molecule has 1 aromatic heterocycles. The third kappa shape index (κ3) is 1.90. The highest BCUT2D eigenvalue weighted by molar-refractivity contribution is 5.92. The summed E-state index contributed by atoms with van der Waals surface area (Å²) in [7, 11) is 1.75. The van der Waals surface area contributed by atoms with Gasteiger partial charge in [-0.3, -0.25) is 9.59 Å². The maximum Gasteiger partial charge on any atom is 0.291 e. The molecule has 0 aromatic carbocycles. The molecule has 0 aliphatic carbocycles. The number of morpholine rings is 1. The first-order valence-corrected chi connectivity index (χ1v) is 6.14. The van der Waals surface area contributed by atoms with Gasteiger partial charge in [0.1, 0.15) is 6.61 Å². The van der Waals surface area contributed by atoms with E-state index in [2.05, 4.69) is 4.98 Å². The fraction of sp³-hybridized carbons (Fsp3) is 0.583. The summed E-state index contributed by atoms with van der Waals surface area (Å²) in [5.41, 5.74) is 0.574. The minimum Gasteiger partial charge on any atom is -0.438 e. The molecule has 2 saturated heterocycles. The minimum atomic E-state index is -0.200. The summed E-state index contributed by atoms with van der Waals surface area (Å²) in [5.74, 6) is 0.00729. The number of fused-ring (bicyclic) bond motifs is 1. The van der Waals surface area contributed by atoms with Crippen molar-refractivity contribution in [2.75, 3.05) is 26.7 Å². The molecular weight excluding hydrogens is 250 g/mol. The summed E-state index contributed by atoms with van der Waals surface area (Å²) in [4.78, 5) is 31.1. The fourth-order valence-corrected chi connectivity index (χ4v) is 2.57. The van der Waals surface area contributed by atoms with E-state index in [-0.39, 0.29) is 36.3 Å². The van der Waals surface area contributed by atoms with Crippen molar-refractivity contribution in [3.05, 3.63) is 17.8 Å². The molecule has 3 rings (SSSR count). The van der Waals surface area contributed by atoms with Crippen molar-refractivity contribution < 1.29 is 18.7 Å². The van der Waals surface area contributed by atoms with Crippen LogP contribution in [0, 0.1) is 6.92 Å². The van der Waals surface area contributed by atoms with Gasteiger partial charge in [0.25, 0.3) is 5.91 Å². The van der Waals surface area contributed by atoms with Crippen LogP contribution in [0.2, 0.25) is 0 Å². The lowest BCUT2D eigenvalue weighted by Gasteiger charge is -2.33. The van der Waals surface area contributed by atoms with Crippen molar-refractivity contribution in [3.63, 3.8) is 0 Å². The first-order chi connectivity index (χ1) is 9.08. The second-order valence-corrected chi connectivity index (χ2v) is 4.90. The van der Waals surface area contributed by atoms with Crippen molar-refractivity contribution >= 4 is 11.8 Å². The van der Waals surface area contributed by atoms with E-state index < -0.39 is 0 Å². The zero-order valence-corrected chi connectivity index (χ0v) is 10.8. The van der Waals surface area contributed by atoms with Gasteiger partial charge in [-0.1, -0.05) is 0 Å². The number of nitrogens with zero attached hydrogens (tertiary/aromatic N) is 3. The van der Waals surface area contributed by atoms with Crippen LogP contribution in [0.5, 0.6) is 0 Å². The topological polar surface area (TPSA) is 75.9 Å². The van der Waals surface area contributed by atoms with Crippen molar-refractivity contribution in [2.24, 2.45) is 0 Å². The van der Waals surface area contributed by atoms with Crippen molar-refractivity contribution in [2.45, 2.75) is 19.1 Å². The van der Waals surface area contributed by atoms with Crippen LogP contribution in [-0.2, 0) is 9.53 Å². The highest BCUT2D eigenvalue weighted by atomic mass is 16.5. The standard InChI is InChI=1S/C12H15N3O4/c1-7-11(19-6-13-7)12(17)15-3-8-9(4-15)18-5-10(16)14(8)2/h6,8-9H,3-5H2,1-2H3/t8-,9-/m0/s1. The van der Waals surface area contributed by atoms with Crippen molar-refractivity contribution in [3.8, 4) is 0 Å². The number of likely N-dealkylation sites (tertiary alicyclic amines) is 1. The van der Waals surface area contributed by atoms with Crippen LogP contribution in [0.1, 0.15) is 16.2 Å². The molecule has 19 heavy (non-hydrogen) atoms. The largest absolute Gasteiger partial charge is 0.438 e. The monoisotopic (exact) mass is 265 g/mol. The smallest absolute Gasteiger partial charge is 0.291 e. The van der Waals surface area contributed by atoms with Crippen LogP contribution in [0.15, 0.2) is 10.8 Å². The van der Waals surface area contributed by atoms with Gasteiger partial charge in [0.15, 0.2) is 6.39 Å². The summed E-state index contributed by atoms with van der Waals surface area (Å²) in [6, 6.07) is -0.0755. The quantitative estimate of drug-likeness (QED) is 0.694. The maximum absolute atomic E-state index is 12.3. The number of ether oxygens (including phenoxy) is 1. The highest BCUT2D eigenvalue weighted by Crippen LogP contribution is 2.24. The molecule has 102 valence electrons. The first-order valence-electron chi connectivity index (χ1n) is 6.14. The SMILES string of the molecule is Cc1ncoc1C(=O)N1C[C@@H]2OCC(=O)N(C)[C@H]2C1. The first kappa shape index (κ1) is 12.2. The van der Waals surface area contributed by atoms with E-state index in [1.54, 1.807) is 23.8 Å². The molecule has 2 atom stereocenters. The molecule has 3 heterocycles. The number of rotatable bonds is 1. The van der Waals surface area contributed by atoms with Gasteiger partial charge in [0.05, 0.1) is 17.8 Å². The summed E-state index contributed by atoms with van der Waals surface area (Å²) >= 11 is 0. The average Bonchev–Trinajstić information content (AvgIpc) is 2.99. The van der Waals surface area contributed by atoms with Gasteiger partial charge in [0, 0.05) is 20.1 Å². The van der Waals surface area contributed by atoms with E-state index in [9.17, 15) is 9.59 Å². The number of hydrogen-bond donors (Lipinski definition) is 0. The Morgan fingerprint density at radius 3 is 2.95 bits per heavy atom. The Balaban J connectivity index is 1.77. The Kier molecular flexibility index (Phi) is 2.78. The molecule has 0 bridgehead atoms. The molecule has 0 radical (unpaired) electrons. The van der Waals surface area contributed by atoms with E-state index in [0.29, 0.717) is 18.8 Å². The fourth-order valence-electron chi connectivity index (χ4n) is 2.57. The molecule has 7 heteroatoms. The molecule has 0 unspecified atom stereocenters. The molecule has 2 amide bonds. The number of carbonyl (C=O) groups excluding carboxylic acids is 2. The van der Waals surface area contributed by atoms with Crippen LogP contribution in [-0.4, -0.2) is 65.5 Å². The normalized spacial score (nSPS) is 26.7. The lowest BCUT2D eigenvalue weighted by molar-refractivity contribution is -0.150. The van der Waals surface area contributed by atoms with Crippen LogP contribution in [0.25, 0.3) is 0 Å². The van der Waals surface area contributed by atoms with Gasteiger partial charge in [0.2, 0.25) is 11.7 Å². The summed E-state index contributed by atoms with van der Waals surface area (Å²) < 4.78 is 10.6. The third-order valence-electron chi connectivity index (χ3n) is 3.78. The van der Waals surface area contributed by atoms with Crippen LogP contribution >= 0.6 is 0 Å². The zero-order chi connectivity index (χ0) is 13.6. The minimum absolute atomic E-state index is 0.0496. The predicted molar refractivity (Wildman–Crippen MR) is 63.4 cm³/mol. The van der Waals surface area contributed by atoms with Crippen molar-refractivity contribution in [1.29, 1.82) is 0 Å². The Morgan fingerprint density at radius 1 is 1.47 bits per heavy atom. The van der Waals surface area contributed by atoms with Gasteiger partial charge in [-0.05, 0) is 6.92 Å². The number of oxazole rings is 1. The summed E-state index contributed by atoms with van der Waals surface area (Å²) in [5, 5.41) is 0. The van der Waals surface area contributed by atoms with E-state index >= 15 is 0 Å². The second kappa shape index (κ2) is 4.34. The molecule has 0 spiro atoms. The molecule has 1 aromatic rings. The third-order valence-corrected chi connectivity index (χ3v) is 3.78. The number of amides is 2. The van der Waals surface area contributed by atoms with Gasteiger partial charge in [-0.25, -0.2) is 4.98 Å². The van der Waals surface area contributed by atoms with Gasteiger partial charge in [-0.2, -0.15) is 0 Å². The van der Waals surface area contributed by atoms with Gasteiger partial charge < -0.3 is 19.0 Å². The van der Waals surface area contributed by atoms with Crippen LogP contribution in [0.4, 0.5) is 0 Å². The number of likely N-dealkylation sites (N-methyl/N-ethyl adjacent to an activating group) is 1. The number of aromatic nitrogens is 1. The molecule has 7 nitrogen and oxygen atoms in total. The van der Waals surface area contributed by atoms with Gasteiger partial charge >= 0.3 is 0 Å². The molecule has 0 N–H and O–H groups in total. The maximum atomic E-state index is 12.3. The van der Waals surface area contributed by atoms with E-state index in [0.717, 1.165) is 0 Å². The van der Waals surface area contributed by atoms with E-state index in [1.165, 1.54) is 6.39 Å². The average molecular weight is 265 g/mol. The Hall–Kier alpha value is -1.89. The van der Waals surface area contributed by atoms with Gasteiger partial charge in [-0.15, -0.1) is 0 Å². The highest BCUT2D eigenvalue weighted by Gasteiger charge is 2.43. The number of carbonyl (C=O) groups is 2. The lowest BCUT2D eigenvalue weighted by Crippen LogP contribution is -2.51. The lowest BCUT2D eigenvalue weighted by atomic mass is 10.1. The summed E-state index contributed by atoms with van der Waals surface area (Å²) in [6.45, 7) is 2.75. The molecule has 0 saturated carbocycles. The number of aryl methyl sites for hydroxylation is 1. The molecular formula is C12H15N3O4. The Labute approximate surface area is 110 Å². The van der Waals surface area contributed by atoms with Crippen LogP contribution < -0.4 is 0 Å². The van der Waals surface area contributed by atoms with E-state index in [1.807, 2.05) is 0 Å². The molecule has 2 aliphatic heterocycles. The molecule has 2 aliphatic rings. The summed E-state index contributed by atoms with van der Waals surface area (Å²) in [6.07, 6.45) is 1.15. The predicted octanol–water partition coefficient (Wildman–Crippen LogP) is -0.335. The number of hydrogen-bond acceptors (Lipinski definition) is 5. The van der Waals surface area contributed by atoms with Crippen LogP contribution in [0.3, 0.4) is 0 Å². The van der Waals surface area contributed by atoms with E-state index in [4.69, 9.17) is 9.15 Å². The Morgan fingerprint density at radius 2 is 2.26 bits per heavy atom.